The number of nitrogens with zero attached hydrogens (tertiary/aromatic N) is 1. The van der Waals surface area contributed by atoms with Crippen LogP contribution < -0.4 is 5.32 Å². The maximum absolute atomic E-state index is 12.9. The van der Waals surface area contributed by atoms with Gasteiger partial charge < -0.3 is 15.0 Å². The summed E-state index contributed by atoms with van der Waals surface area (Å²) in [5.74, 6) is -0.329. The quantitative estimate of drug-likeness (QED) is 0.800. The molecule has 1 saturated heterocycles. The lowest BCUT2D eigenvalue weighted by atomic mass is 9.88. The van der Waals surface area contributed by atoms with E-state index >= 15 is 0 Å². The van der Waals surface area contributed by atoms with Crippen molar-refractivity contribution in [2.75, 3.05) is 33.4 Å². The van der Waals surface area contributed by atoms with E-state index < -0.39 is 0 Å². The molecule has 0 radical (unpaired) electrons. The van der Waals surface area contributed by atoms with Crippen LogP contribution in [0, 0.1) is 12.8 Å². The molecule has 0 saturated carbocycles. The van der Waals surface area contributed by atoms with Gasteiger partial charge in [0.05, 0.1) is 12.5 Å². The molecule has 1 aliphatic heterocycles. The minimum atomic E-state index is -0.265. The molecule has 1 aliphatic rings. The second-order valence-corrected chi connectivity index (χ2v) is 6.98. The molecule has 2 aromatic carbocycles. The summed E-state index contributed by atoms with van der Waals surface area (Å²) >= 11 is 0. The second kappa shape index (κ2) is 8.82. The van der Waals surface area contributed by atoms with Crippen LogP contribution >= 0.6 is 0 Å². The Kier molecular flexibility index (Phi) is 6.24. The van der Waals surface area contributed by atoms with E-state index in [1.807, 2.05) is 61.5 Å². The van der Waals surface area contributed by atoms with Crippen LogP contribution in [0.1, 0.15) is 27.4 Å². The molecule has 3 rings (SSSR count). The Hall–Kier alpha value is -2.66. The number of carbonyl (C=O) groups excluding carboxylic acids is 2. The van der Waals surface area contributed by atoms with Crippen LogP contribution in [0.2, 0.25) is 0 Å². The smallest absolute Gasteiger partial charge is 0.253 e. The van der Waals surface area contributed by atoms with Crippen molar-refractivity contribution in [2.45, 2.75) is 12.8 Å². The topological polar surface area (TPSA) is 58.6 Å². The minimum Gasteiger partial charge on any atom is -0.383 e. The average Bonchev–Trinajstić information content (AvgIpc) is 3.14. The number of methoxy groups -OCH3 is 1. The second-order valence-electron chi connectivity index (χ2n) is 6.98. The van der Waals surface area contributed by atoms with Crippen LogP contribution in [0.4, 0.5) is 0 Å². The number of ether oxygens (including phenoxy) is 1. The van der Waals surface area contributed by atoms with Crippen LogP contribution in [0.25, 0.3) is 0 Å². The molecule has 142 valence electrons. The standard InChI is InChI=1S/C22H26N2O3/c1-16-8-10-18(11-9-16)22(26)24-14-19(17-6-4-3-5-7-17)20(15-24)21(25)23-12-13-27-2/h3-11,19-20H,12-15H2,1-2H3,(H,23,25). The summed E-state index contributed by atoms with van der Waals surface area (Å²) in [5.41, 5.74) is 2.86. The molecule has 1 fully saturated rings. The predicted molar refractivity (Wildman–Crippen MR) is 105 cm³/mol. The normalized spacial score (nSPS) is 19.1. The number of amides is 2. The highest BCUT2D eigenvalue weighted by atomic mass is 16.5. The van der Waals surface area contributed by atoms with Crippen molar-refractivity contribution in [3.63, 3.8) is 0 Å². The maximum atomic E-state index is 12.9. The van der Waals surface area contributed by atoms with Crippen molar-refractivity contribution in [3.8, 4) is 0 Å². The number of nitrogens with one attached hydrogen (secondary N) is 1. The summed E-state index contributed by atoms with van der Waals surface area (Å²) in [6, 6.07) is 17.5. The number of hydrogen-bond acceptors (Lipinski definition) is 3. The lowest BCUT2D eigenvalue weighted by Gasteiger charge is -2.18. The Bertz CT molecular complexity index is 774. The Morgan fingerprint density at radius 2 is 1.78 bits per heavy atom. The monoisotopic (exact) mass is 366 g/mol. The highest BCUT2D eigenvalue weighted by Gasteiger charge is 2.40. The van der Waals surface area contributed by atoms with Crippen molar-refractivity contribution in [3.05, 3.63) is 71.3 Å². The summed E-state index contributed by atoms with van der Waals surface area (Å²) in [6.45, 7) is 3.90. The van der Waals surface area contributed by atoms with E-state index in [9.17, 15) is 9.59 Å². The van der Waals surface area contributed by atoms with Gasteiger partial charge in [-0.05, 0) is 24.6 Å². The highest BCUT2D eigenvalue weighted by Crippen LogP contribution is 2.33. The lowest BCUT2D eigenvalue weighted by molar-refractivity contribution is -0.125. The molecule has 2 amide bonds. The van der Waals surface area contributed by atoms with Gasteiger partial charge in [-0.1, -0.05) is 48.0 Å². The van der Waals surface area contributed by atoms with E-state index in [1.54, 1.807) is 12.0 Å². The number of aryl methyl sites for hydroxylation is 1. The molecule has 0 aliphatic carbocycles. The zero-order valence-corrected chi connectivity index (χ0v) is 15.9. The molecular weight excluding hydrogens is 340 g/mol. The van der Waals surface area contributed by atoms with E-state index in [0.717, 1.165) is 11.1 Å². The van der Waals surface area contributed by atoms with Gasteiger partial charge in [0.25, 0.3) is 5.91 Å². The Morgan fingerprint density at radius 3 is 2.44 bits per heavy atom. The fourth-order valence-electron chi connectivity index (χ4n) is 3.56. The first-order valence-electron chi connectivity index (χ1n) is 9.27. The van der Waals surface area contributed by atoms with Crippen molar-refractivity contribution in [1.82, 2.24) is 10.2 Å². The molecule has 0 aromatic heterocycles. The van der Waals surface area contributed by atoms with Gasteiger partial charge in [0.1, 0.15) is 0 Å². The van der Waals surface area contributed by atoms with Gasteiger partial charge in [-0.15, -0.1) is 0 Å². The number of benzene rings is 2. The molecule has 2 unspecified atom stereocenters. The van der Waals surface area contributed by atoms with Crippen molar-refractivity contribution in [2.24, 2.45) is 5.92 Å². The van der Waals surface area contributed by atoms with E-state index in [0.29, 0.717) is 31.8 Å². The van der Waals surface area contributed by atoms with Crippen LogP contribution in [-0.2, 0) is 9.53 Å². The van der Waals surface area contributed by atoms with Crippen LogP contribution in [-0.4, -0.2) is 50.1 Å². The molecule has 1 N–H and O–H groups in total. The molecule has 0 spiro atoms. The molecule has 1 heterocycles. The van der Waals surface area contributed by atoms with E-state index in [2.05, 4.69) is 5.32 Å². The fraction of sp³-hybridized carbons (Fsp3) is 0.364. The molecule has 2 atom stereocenters. The maximum Gasteiger partial charge on any atom is 0.253 e. The fourth-order valence-corrected chi connectivity index (χ4v) is 3.56. The third kappa shape index (κ3) is 4.55. The molecule has 27 heavy (non-hydrogen) atoms. The molecular formula is C22H26N2O3. The SMILES string of the molecule is COCCNC(=O)C1CN(C(=O)c2ccc(C)cc2)CC1c1ccccc1. The van der Waals surface area contributed by atoms with E-state index in [4.69, 9.17) is 4.74 Å². The lowest BCUT2D eigenvalue weighted by Crippen LogP contribution is -2.37. The average molecular weight is 366 g/mol. The van der Waals surface area contributed by atoms with Gasteiger partial charge in [0, 0.05) is 38.2 Å². The summed E-state index contributed by atoms with van der Waals surface area (Å²) in [5, 5.41) is 2.93. The number of likely N-dealkylation sites (tertiary alicyclic amines) is 1. The van der Waals surface area contributed by atoms with Crippen LogP contribution in [0.3, 0.4) is 0 Å². The summed E-state index contributed by atoms with van der Waals surface area (Å²) in [4.78, 5) is 27.5. The molecule has 0 bridgehead atoms. The zero-order valence-electron chi connectivity index (χ0n) is 15.9. The van der Waals surface area contributed by atoms with E-state index in [-0.39, 0.29) is 23.7 Å². The zero-order chi connectivity index (χ0) is 19.2. The van der Waals surface area contributed by atoms with E-state index in [1.165, 1.54) is 0 Å². The summed E-state index contributed by atoms with van der Waals surface area (Å²) < 4.78 is 5.01. The predicted octanol–water partition coefficient (Wildman–Crippen LogP) is 2.61. The largest absolute Gasteiger partial charge is 0.383 e. The highest BCUT2D eigenvalue weighted by molar-refractivity contribution is 5.95. The third-order valence-corrected chi connectivity index (χ3v) is 5.08. The van der Waals surface area contributed by atoms with Crippen molar-refractivity contribution < 1.29 is 14.3 Å². The third-order valence-electron chi connectivity index (χ3n) is 5.08. The first-order chi connectivity index (χ1) is 13.1. The number of carbonyl (C=O) groups is 2. The van der Waals surface area contributed by atoms with Crippen molar-refractivity contribution >= 4 is 11.8 Å². The Balaban J connectivity index is 1.79. The minimum absolute atomic E-state index is 0.0110. The van der Waals surface area contributed by atoms with Gasteiger partial charge in [-0.25, -0.2) is 0 Å². The van der Waals surface area contributed by atoms with Gasteiger partial charge >= 0.3 is 0 Å². The van der Waals surface area contributed by atoms with Gasteiger partial charge in [0.2, 0.25) is 5.91 Å². The van der Waals surface area contributed by atoms with Crippen LogP contribution in [0.5, 0.6) is 0 Å². The van der Waals surface area contributed by atoms with Crippen molar-refractivity contribution in [1.29, 1.82) is 0 Å². The van der Waals surface area contributed by atoms with Gasteiger partial charge in [0.15, 0.2) is 0 Å². The van der Waals surface area contributed by atoms with Crippen LogP contribution in [0.15, 0.2) is 54.6 Å². The summed E-state index contributed by atoms with van der Waals surface area (Å²) in [7, 11) is 1.61. The molecule has 5 nitrogen and oxygen atoms in total. The molecule has 5 heteroatoms. The first kappa shape index (κ1) is 19.1. The Morgan fingerprint density at radius 1 is 1.07 bits per heavy atom. The Labute approximate surface area is 160 Å². The number of hydrogen-bond donors (Lipinski definition) is 1. The first-order valence-corrected chi connectivity index (χ1v) is 9.27. The molecule has 2 aromatic rings. The van der Waals surface area contributed by atoms with Gasteiger partial charge in [-0.2, -0.15) is 0 Å². The summed E-state index contributed by atoms with van der Waals surface area (Å²) in [6.07, 6.45) is 0. The van der Waals surface area contributed by atoms with Gasteiger partial charge in [-0.3, -0.25) is 9.59 Å². The number of rotatable bonds is 6.